The number of hydrogen-bond acceptors (Lipinski definition) is 5. The van der Waals surface area contributed by atoms with Gasteiger partial charge in [0.25, 0.3) is 0 Å². The predicted molar refractivity (Wildman–Crippen MR) is 99.1 cm³/mol. The van der Waals surface area contributed by atoms with E-state index in [9.17, 15) is 4.79 Å². The number of hydrogen-bond donors (Lipinski definition) is 1. The lowest BCUT2D eigenvalue weighted by Crippen LogP contribution is -2.41. The molecule has 0 aliphatic rings. The molecule has 130 valence electrons. The molecule has 0 aliphatic heterocycles. The third kappa shape index (κ3) is 8.19. The lowest BCUT2D eigenvalue weighted by atomic mass is 10.3. The van der Waals surface area contributed by atoms with E-state index >= 15 is 0 Å². The van der Waals surface area contributed by atoms with Gasteiger partial charge in [-0.05, 0) is 63.5 Å². The second kappa shape index (κ2) is 7.98. The van der Waals surface area contributed by atoms with Gasteiger partial charge in [-0.1, -0.05) is 0 Å². The number of rotatable bonds is 8. The zero-order chi connectivity index (χ0) is 17.7. The number of carbonyl (C=O) groups excluding carboxylic acids is 1. The monoisotopic (exact) mass is 355 g/mol. The van der Waals surface area contributed by atoms with Crippen LogP contribution < -0.4 is 9.74 Å². The van der Waals surface area contributed by atoms with Crippen molar-refractivity contribution in [3.8, 4) is 5.75 Å². The van der Waals surface area contributed by atoms with Crippen molar-refractivity contribution < 1.29 is 18.4 Å². The molecule has 0 fully saturated rings. The largest absolute Gasteiger partial charge is 0.544 e. The van der Waals surface area contributed by atoms with Crippen LogP contribution in [0.4, 0.5) is 5.69 Å². The Balaban J connectivity index is 2.65. The van der Waals surface area contributed by atoms with Gasteiger partial charge in [0.1, 0.15) is 5.75 Å². The molecule has 1 aromatic rings. The highest BCUT2D eigenvalue weighted by atomic mass is 28.4. The number of esters is 1. The minimum absolute atomic E-state index is 0.349. The second-order valence-corrected chi connectivity index (χ2v) is 16.3. The molecule has 0 heterocycles. The van der Waals surface area contributed by atoms with E-state index in [1.807, 2.05) is 43.9 Å². The molecule has 1 N–H and O–H groups in total. The summed E-state index contributed by atoms with van der Waals surface area (Å²) in [5.74, 6) is 0.524. The summed E-state index contributed by atoms with van der Waals surface area (Å²) in [5, 5.41) is 3.22. The van der Waals surface area contributed by atoms with Crippen molar-refractivity contribution in [3.05, 3.63) is 24.3 Å². The van der Waals surface area contributed by atoms with Crippen molar-refractivity contribution >= 4 is 28.3 Å². The van der Waals surface area contributed by atoms with Crippen LogP contribution in [0.15, 0.2) is 24.3 Å². The standard InChI is InChI=1S/C16H29NO4Si2/c1-19-16(18)15(21-23(5,6)7)12-17-13-8-10-14(11-9-13)20-22(2,3)4/h8-11,15,17H,12H2,1-7H3. The van der Waals surface area contributed by atoms with E-state index in [2.05, 4.69) is 25.0 Å². The van der Waals surface area contributed by atoms with Gasteiger partial charge in [-0.2, -0.15) is 0 Å². The topological polar surface area (TPSA) is 56.8 Å². The summed E-state index contributed by atoms with van der Waals surface area (Å²) >= 11 is 0. The molecule has 5 nitrogen and oxygen atoms in total. The quantitative estimate of drug-likeness (QED) is 0.569. The van der Waals surface area contributed by atoms with Crippen LogP contribution in [0.1, 0.15) is 0 Å². The van der Waals surface area contributed by atoms with Crippen LogP contribution in [0, 0.1) is 0 Å². The maximum absolute atomic E-state index is 11.8. The van der Waals surface area contributed by atoms with E-state index in [1.54, 1.807) is 0 Å². The first-order valence-corrected chi connectivity index (χ1v) is 14.6. The Bertz CT molecular complexity index is 506. The Hall–Kier alpha value is -1.32. The van der Waals surface area contributed by atoms with Crippen LogP contribution in [0.2, 0.25) is 39.3 Å². The van der Waals surface area contributed by atoms with E-state index < -0.39 is 22.7 Å². The van der Waals surface area contributed by atoms with Gasteiger partial charge in [-0.3, -0.25) is 0 Å². The average Bonchev–Trinajstić information content (AvgIpc) is 2.41. The minimum atomic E-state index is -1.83. The summed E-state index contributed by atoms with van der Waals surface area (Å²) in [5.41, 5.74) is 0.918. The van der Waals surface area contributed by atoms with E-state index in [1.165, 1.54) is 7.11 Å². The first-order chi connectivity index (χ1) is 10.5. The van der Waals surface area contributed by atoms with E-state index in [4.69, 9.17) is 13.6 Å². The molecule has 0 saturated carbocycles. The zero-order valence-electron chi connectivity index (χ0n) is 15.2. The summed E-state index contributed by atoms with van der Waals surface area (Å²) in [6.07, 6.45) is -0.593. The van der Waals surface area contributed by atoms with Gasteiger partial charge in [-0.15, -0.1) is 0 Å². The SMILES string of the molecule is COC(=O)C(CNc1ccc(O[Si](C)(C)C)cc1)O[Si](C)(C)C. The molecule has 0 radical (unpaired) electrons. The van der Waals surface area contributed by atoms with E-state index in [0.717, 1.165) is 11.4 Å². The molecule has 1 atom stereocenters. The molecule has 0 spiro atoms. The molecule has 0 saturated heterocycles. The van der Waals surface area contributed by atoms with Crippen molar-refractivity contribution in [1.29, 1.82) is 0 Å². The van der Waals surface area contributed by atoms with Gasteiger partial charge in [0.2, 0.25) is 8.32 Å². The van der Waals surface area contributed by atoms with Gasteiger partial charge in [0, 0.05) is 5.69 Å². The summed E-state index contributed by atoms with van der Waals surface area (Å²) in [4.78, 5) is 11.8. The van der Waals surface area contributed by atoms with Crippen molar-refractivity contribution in [1.82, 2.24) is 0 Å². The van der Waals surface area contributed by atoms with E-state index in [0.29, 0.717) is 6.54 Å². The van der Waals surface area contributed by atoms with Gasteiger partial charge in [0.05, 0.1) is 13.7 Å². The highest BCUT2D eigenvalue weighted by molar-refractivity contribution is 6.70. The first-order valence-electron chi connectivity index (χ1n) is 7.79. The molecule has 1 aromatic carbocycles. The highest BCUT2D eigenvalue weighted by Gasteiger charge is 2.27. The van der Waals surface area contributed by atoms with Crippen LogP contribution in [0.5, 0.6) is 5.75 Å². The van der Waals surface area contributed by atoms with Gasteiger partial charge in [0.15, 0.2) is 14.4 Å². The van der Waals surface area contributed by atoms with Crippen LogP contribution >= 0.6 is 0 Å². The van der Waals surface area contributed by atoms with Crippen molar-refractivity contribution in [3.63, 3.8) is 0 Å². The summed E-state index contributed by atoms with van der Waals surface area (Å²) in [6, 6.07) is 7.76. The molecule has 0 aliphatic carbocycles. The van der Waals surface area contributed by atoms with Crippen LogP contribution in [-0.2, 0) is 14.0 Å². The third-order valence-corrected chi connectivity index (χ3v) is 4.57. The Morgan fingerprint density at radius 3 is 2.04 bits per heavy atom. The maximum atomic E-state index is 11.8. The van der Waals surface area contributed by atoms with Gasteiger partial charge < -0.3 is 18.9 Å². The number of methoxy groups -OCH3 is 1. The Morgan fingerprint density at radius 2 is 1.61 bits per heavy atom. The zero-order valence-corrected chi connectivity index (χ0v) is 17.2. The average molecular weight is 356 g/mol. The Kier molecular flexibility index (Phi) is 6.85. The minimum Gasteiger partial charge on any atom is -0.544 e. The smallest absolute Gasteiger partial charge is 0.335 e. The fraction of sp³-hybridized carbons (Fsp3) is 0.562. The highest BCUT2D eigenvalue weighted by Crippen LogP contribution is 2.19. The van der Waals surface area contributed by atoms with Crippen molar-refractivity contribution in [2.75, 3.05) is 19.0 Å². The number of anilines is 1. The molecule has 0 bridgehead atoms. The van der Waals surface area contributed by atoms with Gasteiger partial charge in [-0.25, -0.2) is 4.79 Å². The molecule has 1 unspecified atom stereocenters. The molecule has 0 aromatic heterocycles. The third-order valence-electron chi connectivity index (χ3n) is 2.73. The molecule has 0 amide bonds. The van der Waals surface area contributed by atoms with Crippen molar-refractivity contribution in [2.24, 2.45) is 0 Å². The first kappa shape index (κ1) is 19.7. The van der Waals surface area contributed by atoms with Crippen molar-refractivity contribution in [2.45, 2.75) is 45.4 Å². The number of carbonyl (C=O) groups is 1. The van der Waals surface area contributed by atoms with Crippen LogP contribution in [-0.4, -0.2) is 42.4 Å². The summed E-state index contributed by atoms with van der Waals surface area (Å²) in [7, 11) is -2.04. The lowest BCUT2D eigenvalue weighted by Gasteiger charge is -2.25. The Morgan fingerprint density at radius 1 is 1.04 bits per heavy atom. The summed E-state index contributed by atoms with van der Waals surface area (Å²) < 4.78 is 16.6. The molecule has 1 rings (SSSR count). The van der Waals surface area contributed by atoms with E-state index in [-0.39, 0.29) is 5.97 Å². The Labute approximate surface area is 141 Å². The molecule has 23 heavy (non-hydrogen) atoms. The molecular formula is C16H29NO4Si2. The summed E-state index contributed by atoms with van der Waals surface area (Å²) in [6.45, 7) is 13.0. The lowest BCUT2D eigenvalue weighted by molar-refractivity contribution is -0.148. The van der Waals surface area contributed by atoms with Gasteiger partial charge >= 0.3 is 5.97 Å². The normalized spacial score (nSPS) is 13.3. The second-order valence-electron chi connectivity index (χ2n) is 7.36. The predicted octanol–water partition coefficient (Wildman–Crippen LogP) is 3.71. The number of nitrogens with one attached hydrogen (secondary N) is 1. The number of ether oxygens (including phenoxy) is 1. The number of benzene rings is 1. The maximum Gasteiger partial charge on any atom is 0.335 e. The molecular weight excluding hydrogens is 326 g/mol. The molecule has 7 heteroatoms. The fourth-order valence-electron chi connectivity index (χ4n) is 1.94. The van der Waals surface area contributed by atoms with Crippen LogP contribution in [0.25, 0.3) is 0 Å². The van der Waals surface area contributed by atoms with Crippen LogP contribution in [0.3, 0.4) is 0 Å². The fourth-order valence-corrected chi connectivity index (χ4v) is 3.81.